The molecule has 5 rings (SSSR count). The molecule has 87 heavy (non-hydrogen) atoms. The number of nitrogens with one attached hydrogen (secondary N) is 1. The Morgan fingerprint density at radius 1 is 0.770 bits per heavy atom. The summed E-state index contributed by atoms with van der Waals surface area (Å²) >= 11 is 0. The average molecular weight is 1230 g/mol. The van der Waals surface area contributed by atoms with Crippen LogP contribution in [0.4, 0.5) is 0 Å². The van der Waals surface area contributed by atoms with Gasteiger partial charge in [0.15, 0.2) is 5.78 Å². The van der Waals surface area contributed by atoms with Crippen molar-refractivity contribution in [2.45, 2.75) is 212 Å². The quantitative estimate of drug-likeness (QED) is 0.0492. The van der Waals surface area contributed by atoms with Crippen LogP contribution in [-0.2, 0) is 71.4 Å². The fraction of sp³-hybridized carbons (Fsp3) is 0.791. The van der Waals surface area contributed by atoms with Gasteiger partial charge in [-0.2, -0.15) is 0 Å². The number of nitrogens with zero attached hydrogens (tertiary/aromatic N) is 2. The number of fused-ring (bicyclic) bond motifs is 3. The third-order valence-electron chi connectivity index (χ3n) is 18.9. The Balaban J connectivity index is 1.32. The highest BCUT2D eigenvalue weighted by molar-refractivity contribution is 6.39. The summed E-state index contributed by atoms with van der Waals surface area (Å²) in [5.74, 6) is -7.30. The monoisotopic (exact) mass is 1230 g/mol. The van der Waals surface area contributed by atoms with Crippen LogP contribution >= 0.6 is 0 Å². The molecule has 3 saturated heterocycles. The average Bonchev–Trinajstić information content (AvgIpc) is 2.93. The number of carbonyl (C=O) groups is 6. The van der Waals surface area contributed by atoms with Crippen LogP contribution in [0.15, 0.2) is 47.6 Å². The van der Waals surface area contributed by atoms with Crippen LogP contribution in [0.2, 0.25) is 0 Å². The number of ketones is 2. The molecule has 4 fully saturated rings. The van der Waals surface area contributed by atoms with Gasteiger partial charge in [-0.15, -0.1) is 0 Å². The molecular formula is C67H109N3O17. The van der Waals surface area contributed by atoms with Gasteiger partial charge in [0.05, 0.1) is 50.8 Å². The molecule has 16 atom stereocenters. The number of ether oxygens (including phenoxy) is 9. The van der Waals surface area contributed by atoms with Crippen LogP contribution in [-0.4, -0.2) is 204 Å². The lowest BCUT2D eigenvalue weighted by Gasteiger charge is -2.43. The molecule has 0 aromatic heterocycles. The maximum absolute atomic E-state index is 14.9. The maximum Gasteiger partial charge on any atom is 0.329 e. The van der Waals surface area contributed by atoms with Gasteiger partial charge < -0.3 is 63.1 Å². The minimum absolute atomic E-state index is 0.0226. The molecule has 0 aromatic rings. The topological polar surface area (TPSA) is 244 Å². The third-order valence-corrected chi connectivity index (χ3v) is 18.9. The fourth-order valence-corrected chi connectivity index (χ4v) is 13.4. The molecule has 0 unspecified atom stereocenters. The Hall–Kier alpha value is -4.22. The molecule has 1 aliphatic carbocycles. The molecule has 0 radical (unpaired) electrons. The van der Waals surface area contributed by atoms with Gasteiger partial charge in [-0.25, -0.2) is 4.79 Å². The predicted molar refractivity (Wildman–Crippen MR) is 329 cm³/mol. The molecular weight excluding hydrogens is 1120 g/mol. The molecule has 4 heterocycles. The molecule has 2 bridgehead atoms. The van der Waals surface area contributed by atoms with E-state index in [-0.39, 0.29) is 79.2 Å². The van der Waals surface area contributed by atoms with E-state index in [1.807, 2.05) is 78.0 Å². The van der Waals surface area contributed by atoms with E-state index in [9.17, 15) is 39.0 Å². The first-order chi connectivity index (χ1) is 41.6. The summed E-state index contributed by atoms with van der Waals surface area (Å²) < 4.78 is 53.5. The number of rotatable bonds is 19. The van der Waals surface area contributed by atoms with Crippen LogP contribution in [0.25, 0.3) is 0 Å². The summed E-state index contributed by atoms with van der Waals surface area (Å²) in [6.07, 6.45) is 13.6. The largest absolute Gasteiger partial charge is 0.460 e. The number of piperidine rings is 2. The highest BCUT2D eigenvalue weighted by atomic mass is 16.6. The van der Waals surface area contributed by atoms with Crippen LogP contribution in [0, 0.1) is 41.4 Å². The number of methoxy groups -OCH3 is 4. The normalized spacial score (nSPS) is 35.4. The van der Waals surface area contributed by atoms with Crippen LogP contribution < -0.4 is 5.32 Å². The summed E-state index contributed by atoms with van der Waals surface area (Å²) in [6.45, 7) is 19.4. The second-order valence-electron chi connectivity index (χ2n) is 25.5. The molecule has 1 saturated carbocycles. The van der Waals surface area contributed by atoms with E-state index in [0.717, 1.165) is 24.8 Å². The Kier molecular flexibility index (Phi) is 31.4. The molecule has 3 N–H and O–H groups in total. The van der Waals surface area contributed by atoms with E-state index in [1.165, 1.54) is 12.0 Å². The lowest BCUT2D eigenvalue weighted by Crippen LogP contribution is -2.61. The predicted octanol–water partition coefficient (Wildman–Crippen LogP) is 7.45. The van der Waals surface area contributed by atoms with Gasteiger partial charge in [-0.05, 0) is 146 Å². The number of hydrogen-bond acceptors (Lipinski definition) is 18. The summed E-state index contributed by atoms with van der Waals surface area (Å²) in [4.78, 5) is 87.3. The van der Waals surface area contributed by atoms with E-state index in [0.29, 0.717) is 116 Å². The molecule has 20 heteroatoms. The summed E-state index contributed by atoms with van der Waals surface area (Å²) in [5, 5.41) is 26.8. The van der Waals surface area contributed by atoms with Crippen molar-refractivity contribution in [1.29, 1.82) is 0 Å². The molecule has 0 spiro atoms. The maximum atomic E-state index is 14.9. The van der Waals surface area contributed by atoms with Crippen molar-refractivity contribution in [3.05, 3.63) is 47.6 Å². The number of amides is 2. The zero-order valence-electron chi connectivity index (χ0n) is 54.6. The molecule has 0 aromatic carbocycles. The second-order valence-corrected chi connectivity index (χ2v) is 25.5. The minimum atomic E-state index is -2.44. The Morgan fingerprint density at radius 2 is 1.49 bits per heavy atom. The number of cyclic esters (lactones) is 1. The molecule has 4 aliphatic heterocycles. The number of Topliss-reactive ketones (excluding diaryl/α,β-unsaturated/α-hetero) is 2. The summed E-state index contributed by atoms with van der Waals surface area (Å²) in [7, 11) is 6.21. The van der Waals surface area contributed by atoms with Crippen molar-refractivity contribution in [1.82, 2.24) is 15.1 Å². The smallest absolute Gasteiger partial charge is 0.329 e. The van der Waals surface area contributed by atoms with Crippen molar-refractivity contribution in [2.75, 3.05) is 87.6 Å². The van der Waals surface area contributed by atoms with Gasteiger partial charge in [0, 0.05) is 85.2 Å². The van der Waals surface area contributed by atoms with Crippen LogP contribution in [0.1, 0.15) is 152 Å². The number of allylic oxidation sites excluding steroid dienone is 5. The first kappa shape index (κ1) is 73.5. The summed E-state index contributed by atoms with van der Waals surface area (Å²) in [5.41, 5.74) is 1.40. The number of hydrogen-bond donors (Lipinski definition) is 3. The lowest BCUT2D eigenvalue weighted by atomic mass is 9.78. The van der Waals surface area contributed by atoms with Crippen molar-refractivity contribution in [2.24, 2.45) is 41.4 Å². The van der Waals surface area contributed by atoms with Gasteiger partial charge in [0.1, 0.15) is 30.5 Å². The lowest BCUT2D eigenvalue weighted by molar-refractivity contribution is -0.265. The first-order valence-electron chi connectivity index (χ1n) is 32.4. The van der Waals surface area contributed by atoms with Gasteiger partial charge in [-0.3, -0.25) is 28.9 Å². The van der Waals surface area contributed by atoms with E-state index in [2.05, 4.69) is 10.2 Å². The number of esters is 2. The number of carbonyl (C=O) groups excluding carboxylic acids is 6. The molecule has 20 nitrogen and oxygen atoms in total. The van der Waals surface area contributed by atoms with Crippen molar-refractivity contribution in [3.8, 4) is 0 Å². The van der Waals surface area contributed by atoms with E-state index in [4.69, 9.17) is 42.6 Å². The van der Waals surface area contributed by atoms with Gasteiger partial charge in [-0.1, -0.05) is 71.1 Å². The second kappa shape index (κ2) is 37.2. The zero-order chi connectivity index (χ0) is 63.8. The number of aliphatic hydroxyl groups is 2. The first-order valence-corrected chi connectivity index (χ1v) is 32.4. The highest BCUT2D eigenvalue weighted by Gasteiger charge is 2.53. The SMILES string of the molecule is CCOCCOCCNC(=O)CN1CCC(CC(=O)O[C@@H]2CC[C@@H](C[C@@H](C)[C@@H]3C[C@@H](OC)[C@H](C)/C=C(\C)[C@@H](O)[C@@H](OC)C(=O)[C@H](C)C[C@H](C)/C=C/C=C/C=C(\C)[C@@H](OC)C[C@@H]4CC[C@@H](C)[C@@](O)(O4)C(=O)C(=O)N4CCCC[C@H]4C(=O)O3)C[C@H]2OC)CC1. The standard InChI is InChI=1S/C67H109N3O17/c1-13-83-33-34-84-32-28-68-59(71)42-69-30-26-50(27-31-69)39-60(72)85-54-25-23-51(38-58(54)81-11)37-46(5)57-41-56(80-10)45(4)36-48(7)62(74)63(82-12)61(73)47(6)35-43(2)19-15-14-16-20-44(3)55(79-9)40-52-24-22-49(8)67(78,87-52)64(75)65(76)70-29-18-17-21-53(70)66(77)86-57/h14-16,19-20,36,43,45-47,49-58,62-63,74,78H,13,17-18,21-35,37-42H2,1-12H3,(H,68,71)/b16-14+,19-15+,44-20+,48-36+/t43-,45-,46-,47-,49-,51+,52+,53+,54-,55+,56-,57+,58-,62-,63+,67-/m1/s1. The van der Waals surface area contributed by atoms with Crippen molar-refractivity contribution >= 4 is 35.3 Å². The van der Waals surface area contributed by atoms with Gasteiger partial charge in [0.2, 0.25) is 11.7 Å². The molecule has 5 aliphatic rings. The number of aliphatic hydroxyl groups excluding tert-OH is 1. The van der Waals surface area contributed by atoms with Crippen molar-refractivity contribution < 1.29 is 81.6 Å². The van der Waals surface area contributed by atoms with Crippen molar-refractivity contribution in [3.63, 3.8) is 0 Å². The van der Waals surface area contributed by atoms with Crippen LogP contribution in [0.5, 0.6) is 0 Å². The van der Waals surface area contributed by atoms with E-state index >= 15 is 0 Å². The zero-order valence-corrected chi connectivity index (χ0v) is 54.6. The Bertz CT molecular complexity index is 2300. The summed E-state index contributed by atoms with van der Waals surface area (Å²) in [6, 6.07) is -1.12. The Morgan fingerprint density at radius 3 is 2.18 bits per heavy atom. The van der Waals surface area contributed by atoms with E-state index < -0.39 is 84.1 Å². The van der Waals surface area contributed by atoms with Crippen LogP contribution in [0.3, 0.4) is 0 Å². The Labute approximate surface area is 519 Å². The minimum Gasteiger partial charge on any atom is -0.460 e. The molecule has 2 amide bonds. The fourth-order valence-electron chi connectivity index (χ4n) is 13.4. The van der Waals surface area contributed by atoms with Gasteiger partial charge in [0.25, 0.3) is 11.7 Å². The highest BCUT2D eigenvalue weighted by Crippen LogP contribution is 2.39. The third kappa shape index (κ3) is 22.3. The molecule has 494 valence electrons. The number of likely N-dealkylation sites (tertiary alicyclic amines) is 1. The van der Waals surface area contributed by atoms with E-state index in [1.54, 1.807) is 35.2 Å². The van der Waals surface area contributed by atoms with Gasteiger partial charge >= 0.3 is 11.9 Å².